The molecular formula is C16H12ClN7OS. The number of aromatic nitrogens is 6. The monoisotopic (exact) mass is 385 g/mol. The zero-order valence-corrected chi connectivity index (χ0v) is 15.0. The van der Waals surface area contributed by atoms with Crippen LogP contribution >= 0.6 is 22.9 Å². The number of nitrogens with zero attached hydrogens (tertiary/aromatic N) is 7. The van der Waals surface area contributed by atoms with E-state index in [-0.39, 0.29) is 5.91 Å². The highest BCUT2D eigenvalue weighted by atomic mass is 35.5. The van der Waals surface area contributed by atoms with Crippen LogP contribution in [0.2, 0.25) is 5.02 Å². The number of halogens is 1. The van der Waals surface area contributed by atoms with Gasteiger partial charge in [0.05, 0.1) is 22.6 Å². The number of amides is 1. The third-order valence-corrected chi connectivity index (χ3v) is 5.34. The molecule has 10 heteroatoms. The van der Waals surface area contributed by atoms with Crippen molar-refractivity contribution in [2.45, 2.75) is 13.1 Å². The fraction of sp³-hybridized carbons (Fsp3) is 0.188. The van der Waals surface area contributed by atoms with Crippen LogP contribution < -0.4 is 0 Å². The zero-order valence-electron chi connectivity index (χ0n) is 13.4. The van der Waals surface area contributed by atoms with Gasteiger partial charge >= 0.3 is 0 Å². The van der Waals surface area contributed by atoms with Crippen LogP contribution in [0.4, 0.5) is 0 Å². The van der Waals surface area contributed by atoms with E-state index in [2.05, 4.69) is 24.8 Å². The van der Waals surface area contributed by atoms with Gasteiger partial charge in [0.25, 0.3) is 5.91 Å². The van der Waals surface area contributed by atoms with Gasteiger partial charge in [-0.1, -0.05) is 17.7 Å². The van der Waals surface area contributed by atoms with Crippen LogP contribution in [0.15, 0.2) is 36.0 Å². The average molecular weight is 386 g/mol. The minimum Gasteiger partial charge on any atom is -0.328 e. The maximum Gasteiger partial charge on any atom is 0.274 e. The molecule has 26 heavy (non-hydrogen) atoms. The van der Waals surface area contributed by atoms with Crippen molar-refractivity contribution >= 4 is 34.5 Å². The molecule has 4 aromatic heterocycles. The summed E-state index contributed by atoms with van der Waals surface area (Å²) in [6.07, 6.45) is 3.16. The first-order valence-electron chi connectivity index (χ1n) is 7.95. The molecule has 0 saturated carbocycles. The van der Waals surface area contributed by atoms with Crippen molar-refractivity contribution in [1.82, 2.24) is 34.3 Å². The summed E-state index contributed by atoms with van der Waals surface area (Å²) in [6.45, 7) is 1.63. The van der Waals surface area contributed by atoms with E-state index in [1.54, 1.807) is 28.5 Å². The Bertz CT molecular complexity index is 1120. The summed E-state index contributed by atoms with van der Waals surface area (Å²) >= 11 is 7.55. The summed E-state index contributed by atoms with van der Waals surface area (Å²) in [6, 6.07) is 5.67. The van der Waals surface area contributed by atoms with Crippen molar-refractivity contribution in [3.63, 3.8) is 0 Å². The maximum atomic E-state index is 12.8. The second-order valence-electron chi connectivity index (χ2n) is 5.90. The molecule has 130 valence electrons. The van der Waals surface area contributed by atoms with Gasteiger partial charge in [-0.2, -0.15) is 5.10 Å². The van der Waals surface area contributed by atoms with Crippen LogP contribution in [-0.4, -0.2) is 46.7 Å². The van der Waals surface area contributed by atoms with Gasteiger partial charge in [-0.3, -0.25) is 4.79 Å². The molecule has 0 radical (unpaired) electrons. The van der Waals surface area contributed by atoms with Gasteiger partial charge in [-0.15, -0.1) is 21.5 Å². The van der Waals surface area contributed by atoms with Crippen molar-refractivity contribution in [1.29, 1.82) is 0 Å². The Morgan fingerprint density at radius 3 is 3.04 bits per heavy atom. The minimum atomic E-state index is -0.154. The van der Waals surface area contributed by atoms with Crippen LogP contribution in [-0.2, 0) is 13.1 Å². The van der Waals surface area contributed by atoms with Gasteiger partial charge < -0.3 is 9.47 Å². The fourth-order valence-corrected chi connectivity index (χ4v) is 3.90. The number of thiophene rings is 1. The Labute approximate surface area is 156 Å². The number of carbonyl (C=O) groups is 1. The summed E-state index contributed by atoms with van der Waals surface area (Å²) in [5.41, 5.74) is 0.920. The first kappa shape index (κ1) is 15.5. The first-order chi connectivity index (χ1) is 12.7. The highest BCUT2D eigenvalue weighted by Crippen LogP contribution is 2.26. The molecule has 0 aromatic carbocycles. The third kappa shape index (κ3) is 2.47. The summed E-state index contributed by atoms with van der Waals surface area (Å²) in [4.78, 5) is 19.8. The van der Waals surface area contributed by atoms with Crippen molar-refractivity contribution in [3.8, 4) is 10.7 Å². The van der Waals surface area contributed by atoms with Crippen LogP contribution in [0.3, 0.4) is 0 Å². The smallest absolute Gasteiger partial charge is 0.274 e. The molecule has 0 atom stereocenters. The number of rotatable bonds is 2. The van der Waals surface area contributed by atoms with Gasteiger partial charge in [0.2, 0.25) is 0 Å². The summed E-state index contributed by atoms with van der Waals surface area (Å²) in [5.74, 6) is 1.48. The number of fused-ring (bicyclic) bond motifs is 2. The average Bonchev–Trinajstić information content (AvgIpc) is 3.38. The zero-order chi connectivity index (χ0) is 17.7. The van der Waals surface area contributed by atoms with E-state index in [0.29, 0.717) is 36.0 Å². The molecule has 1 amide bonds. The lowest BCUT2D eigenvalue weighted by molar-refractivity contribution is 0.0701. The molecule has 0 aliphatic carbocycles. The van der Waals surface area contributed by atoms with E-state index < -0.39 is 0 Å². The van der Waals surface area contributed by atoms with Crippen molar-refractivity contribution in [2.75, 3.05) is 6.54 Å². The molecule has 8 nitrogen and oxygen atoms in total. The van der Waals surface area contributed by atoms with Crippen molar-refractivity contribution in [3.05, 3.63) is 52.5 Å². The Morgan fingerprint density at radius 1 is 1.27 bits per heavy atom. The van der Waals surface area contributed by atoms with Gasteiger partial charge in [0.1, 0.15) is 0 Å². The number of hydrogen-bond acceptors (Lipinski definition) is 6. The molecule has 0 unspecified atom stereocenters. The van der Waals surface area contributed by atoms with E-state index in [1.807, 2.05) is 17.5 Å². The number of carbonyl (C=O) groups excluding carboxylic acids is 1. The largest absolute Gasteiger partial charge is 0.328 e. The fourth-order valence-electron chi connectivity index (χ4n) is 3.04. The van der Waals surface area contributed by atoms with Crippen molar-refractivity contribution < 1.29 is 4.79 Å². The molecule has 4 aromatic rings. The predicted molar refractivity (Wildman–Crippen MR) is 96.1 cm³/mol. The first-order valence-corrected chi connectivity index (χ1v) is 9.21. The Balaban J connectivity index is 1.42. The molecular weight excluding hydrogens is 374 g/mol. The highest BCUT2D eigenvalue weighted by molar-refractivity contribution is 7.13. The van der Waals surface area contributed by atoms with Crippen LogP contribution in [0.1, 0.15) is 16.3 Å². The molecule has 0 bridgehead atoms. The van der Waals surface area contributed by atoms with E-state index in [4.69, 9.17) is 11.6 Å². The third-order valence-electron chi connectivity index (χ3n) is 4.28. The summed E-state index contributed by atoms with van der Waals surface area (Å²) < 4.78 is 3.58. The Morgan fingerprint density at radius 2 is 2.19 bits per heavy atom. The van der Waals surface area contributed by atoms with Gasteiger partial charge in [0.15, 0.2) is 23.0 Å². The molecule has 0 fully saturated rings. The quantitative estimate of drug-likeness (QED) is 0.529. The Hall–Kier alpha value is -2.78. The Kier molecular flexibility index (Phi) is 3.50. The highest BCUT2D eigenvalue weighted by Gasteiger charge is 2.27. The number of hydrogen-bond donors (Lipinski definition) is 0. The molecule has 1 aliphatic rings. The molecule has 0 saturated heterocycles. The molecule has 0 spiro atoms. The van der Waals surface area contributed by atoms with Crippen molar-refractivity contribution in [2.24, 2.45) is 0 Å². The molecule has 5 heterocycles. The second-order valence-corrected chi connectivity index (χ2v) is 7.28. The van der Waals surface area contributed by atoms with E-state index in [9.17, 15) is 4.79 Å². The molecule has 0 N–H and O–H groups in total. The second kappa shape index (κ2) is 5.89. The standard InChI is InChI=1S/C16H12ClN7OS/c17-10-7-18-13-6-11(21-24(13)8-10)16(25)22-3-4-23-14(9-22)19-20-15(23)12-2-1-5-26-12/h1-2,5-8H,3-4,9H2. The van der Waals surface area contributed by atoms with E-state index in [0.717, 1.165) is 16.5 Å². The minimum absolute atomic E-state index is 0.154. The SMILES string of the molecule is O=C(c1cc2ncc(Cl)cn2n1)N1CCn2c(nnc2-c2cccs2)C1. The van der Waals surface area contributed by atoms with E-state index >= 15 is 0 Å². The van der Waals surface area contributed by atoms with Gasteiger partial charge in [-0.25, -0.2) is 9.50 Å². The maximum absolute atomic E-state index is 12.8. The summed E-state index contributed by atoms with van der Waals surface area (Å²) in [7, 11) is 0. The van der Waals surface area contributed by atoms with Crippen LogP contribution in [0, 0.1) is 0 Å². The lowest BCUT2D eigenvalue weighted by Crippen LogP contribution is -2.38. The van der Waals surface area contributed by atoms with Crippen LogP contribution in [0.5, 0.6) is 0 Å². The van der Waals surface area contributed by atoms with Crippen LogP contribution in [0.25, 0.3) is 16.3 Å². The summed E-state index contributed by atoms with van der Waals surface area (Å²) in [5, 5.41) is 15.3. The lowest BCUT2D eigenvalue weighted by Gasteiger charge is -2.27. The predicted octanol–water partition coefficient (Wildman–Crippen LogP) is 2.36. The van der Waals surface area contributed by atoms with Gasteiger partial charge in [0, 0.05) is 25.4 Å². The lowest BCUT2D eigenvalue weighted by atomic mass is 10.3. The molecule has 5 rings (SSSR count). The molecule has 1 aliphatic heterocycles. The van der Waals surface area contributed by atoms with Gasteiger partial charge in [-0.05, 0) is 11.4 Å². The normalized spacial score (nSPS) is 14.0. The van der Waals surface area contributed by atoms with E-state index in [1.165, 1.54) is 10.7 Å². The topological polar surface area (TPSA) is 81.2 Å².